The molecule has 1 aromatic carbocycles. The second-order valence-corrected chi connectivity index (χ2v) is 3.44. The summed E-state index contributed by atoms with van der Waals surface area (Å²) < 4.78 is 10.7. The summed E-state index contributed by atoms with van der Waals surface area (Å²) in [4.78, 5) is 0. The Morgan fingerprint density at radius 2 is 1.93 bits per heavy atom. The molecule has 0 radical (unpaired) electrons. The first-order valence-corrected chi connectivity index (χ1v) is 5.23. The molecule has 0 aliphatic rings. The highest BCUT2D eigenvalue weighted by molar-refractivity contribution is 5.21. The molecule has 1 aromatic rings. The number of para-hydroxylation sites is 1. The SMILES string of the molecule is CC[C@H](O)OC[C@H](C)Oc1ccccc1. The lowest BCUT2D eigenvalue weighted by molar-refractivity contribution is -0.116. The van der Waals surface area contributed by atoms with E-state index in [1.807, 2.05) is 44.2 Å². The zero-order valence-corrected chi connectivity index (χ0v) is 9.22. The Labute approximate surface area is 90.6 Å². The van der Waals surface area contributed by atoms with Gasteiger partial charge in [0.1, 0.15) is 11.9 Å². The van der Waals surface area contributed by atoms with Gasteiger partial charge in [0.2, 0.25) is 0 Å². The number of hydrogen-bond acceptors (Lipinski definition) is 3. The van der Waals surface area contributed by atoms with Crippen LogP contribution in [0.2, 0.25) is 0 Å². The number of aliphatic hydroxyl groups is 1. The summed E-state index contributed by atoms with van der Waals surface area (Å²) in [7, 11) is 0. The van der Waals surface area contributed by atoms with Crippen LogP contribution in [-0.4, -0.2) is 24.1 Å². The van der Waals surface area contributed by atoms with Crippen LogP contribution in [-0.2, 0) is 4.74 Å². The molecule has 84 valence electrons. The number of hydrogen-bond donors (Lipinski definition) is 1. The van der Waals surface area contributed by atoms with Crippen molar-refractivity contribution in [3.05, 3.63) is 30.3 Å². The normalized spacial score (nSPS) is 14.6. The third-order valence-corrected chi connectivity index (χ3v) is 1.95. The number of benzene rings is 1. The van der Waals surface area contributed by atoms with Gasteiger partial charge in [-0.25, -0.2) is 0 Å². The van der Waals surface area contributed by atoms with E-state index in [2.05, 4.69) is 0 Å². The van der Waals surface area contributed by atoms with Crippen molar-refractivity contribution in [1.82, 2.24) is 0 Å². The van der Waals surface area contributed by atoms with Crippen LogP contribution in [0, 0.1) is 0 Å². The van der Waals surface area contributed by atoms with Gasteiger partial charge in [0.05, 0.1) is 6.61 Å². The fourth-order valence-electron chi connectivity index (χ4n) is 1.13. The molecule has 0 aliphatic carbocycles. The molecule has 0 saturated heterocycles. The molecule has 0 aliphatic heterocycles. The summed E-state index contributed by atoms with van der Waals surface area (Å²) in [5.41, 5.74) is 0. The molecule has 0 aromatic heterocycles. The minimum atomic E-state index is -0.688. The minimum Gasteiger partial charge on any atom is -0.488 e. The molecule has 1 rings (SSSR count). The van der Waals surface area contributed by atoms with Gasteiger partial charge in [-0.15, -0.1) is 0 Å². The van der Waals surface area contributed by atoms with Crippen LogP contribution in [0.4, 0.5) is 0 Å². The lowest BCUT2D eigenvalue weighted by atomic mass is 10.3. The van der Waals surface area contributed by atoms with Gasteiger partial charge in [0, 0.05) is 0 Å². The molecule has 0 spiro atoms. The van der Waals surface area contributed by atoms with Crippen molar-refractivity contribution in [3.8, 4) is 5.75 Å². The van der Waals surface area contributed by atoms with Gasteiger partial charge in [-0.05, 0) is 25.5 Å². The lowest BCUT2D eigenvalue weighted by Gasteiger charge is -2.16. The molecule has 0 bridgehead atoms. The average Bonchev–Trinajstić information content (AvgIpc) is 2.27. The van der Waals surface area contributed by atoms with E-state index in [1.165, 1.54) is 0 Å². The van der Waals surface area contributed by atoms with Crippen molar-refractivity contribution < 1.29 is 14.6 Å². The molecular formula is C12H18O3. The fourth-order valence-corrected chi connectivity index (χ4v) is 1.13. The molecule has 0 fully saturated rings. The number of aliphatic hydroxyl groups excluding tert-OH is 1. The van der Waals surface area contributed by atoms with Gasteiger partial charge in [-0.3, -0.25) is 0 Å². The third-order valence-electron chi connectivity index (χ3n) is 1.95. The first kappa shape index (κ1) is 12.0. The van der Waals surface area contributed by atoms with Crippen LogP contribution in [0.15, 0.2) is 30.3 Å². The Morgan fingerprint density at radius 1 is 1.27 bits per heavy atom. The van der Waals surface area contributed by atoms with Crippen LogP contribution >= 0.6 is 0 Å². The van der Waals surface area contributed by atoms with E-state index < -0.39 is 6.29 Å². The van der Waals surface area contributed by atoms with E-state index in [0.29, 0.717) is 13.0 Å². The second-order valence-electron chi connectivity index (χ2n) is 3.44. The van der Waals surface area contributed by atoms with Crippen LogP contribution in [0.1, 0.15) is 20.3 Å². The van der Waals surface area contributed by atoms with Gasteiger partial charge in [-0.1, -0.05) is 25.1 Å². The Kier molecular flexibility index (Phi) is 5.15. The van der Waals surface area contributed by atoms with E-state index in [9.17, 15) is 5.11 Å². The van der Waals surface area contributed by atoms with E-state index in [0.717, 1.165) is 5.75 Å². The summed E-state index contributed by atoms with van der Waals surface area (Å²) in [6, 6.07) is 9.57. The molecular weight excluding hydrogens is 192 g/mol. The van der Waals surface area contributed by atoms with Crippen LogP contribution in [0.3, 0.4) is 0 Å². The molecule has 0 heterocycles. The standard InChI is InChI=1S/C12H18O3/c1-3-12(13)14-9-10(2)15-11-7-5-4-6-8-11/h4-8,10,12-13H,3,9H2,1-2H3/t10-,12+/m0/s1. The van der Waals surface area contributed by atoms with Crippen molar-refractivity contribution in [1.29, 1.82) is 0 Å². The summed E-state index contributed by atoms with van der Waals surface area (Å²) in [5.74, 6) is 0.819. The Morgan fingerprint density at radius 3 is 2.53 bits per heavy atom. The zero-order valence-electron chi connectivity index (χ0n) is 9.22. The maximum atomic E-state index is 9.20. The van der Waals surface area contributed by atoms with Gasteiger partial charge in [-0.2, -0.15) is 0 Å². The maximum Gasteiger partial charge on any atom is 0.154 e. The first-order chi connectivity index (χ1) is 7.22. The van der Waals surface area contributed by atoms with Gasteiger partial charge >= 0.3 is 0 Å². The summed E-state index contributed by atoms with van der Waals surface area (Å²) >= 11 is 0. The number of ether oxygens (including phenoxy) is 2. The van der Waals surface area contributed by atoms with Crippen molar-refractivity contribution in [2.24, 2.45) is 0 Å². The van der Waals surface area contributed by atoms with Crippen molar-refractivity contribution in [3.63, 3.8) is 0 Å². The zero-order chi connectivity index (χ0) is 11.1. The molecule has 0 amide bonds. The highest BCUT2D eigenvalue weighted by Crippen LogP contribution is 2.11. The van der Waals surface area contributed by atoms with E-state index in [-0.39, 0.29) is 6.10 Å². The first-order valence-electron chi connectivity index (χ1n) is 5.23. The summed E-state index contributed by atoms with van der Waals surface area (Å²) in [6.45, 7) is 4.17. The molecule has 3 heteroatoms. The predicted molar refractivity (Wildman–Crippen MR) is 58.8 cm³/mol. The molecule has 2 atom stereocenters. The third kappa shape index (κ3) is 4.81. The summed E-state index contributed by atoms with van der Waals surface area (Å²) in [5, 5.41) is 9.20. The highest BCUT2D eigenvalue weighted by Gasteiger charge is 2.07. The monoisotopic (exact) mass is 210 g/mol. The van der Waals surface area contributed by atoms with E-state index in [1.54, 1.807) is 0 Å². The molecule has 0 unspecified atom stereocenters. The number of rotatable bonds is 6. The quantitative estimate of drug-likeness (QED) is 0.731. The predicted octanol–water partition coefficient (Wildman–Crippen LogP) is 2.20. The average molecular weight is 210 g/mol. The van der Waals surface area contributed by atoms with Crippen molar-refractivity contribution >= 4 is 0 Å². The van der Waals surface area contributed by atoms with Crippen molar-refractivity contribution in [2.45, 2.75) is 32.7 Å². The summed E-state index contributed by atoms with van der Waals surface area (Å²) in [6.07, 6.45) is -0.154. The van der Waals surface area contributed by atoms with Crippen LogP contribution in [0.25, 0.3) is 0 Å². The van der Waals surface area contributed by atoms with Gasteiger partial charge in [0.15, 0.2) is 6.29 Å². The largest absolute Gasteiger partial charge is 0.488 e. The Balaban J connectivity index is 2.27. The molecule has 3 nitrogen and oxygen atoms in total. The molecule has 0 saturated carbocycles. The molecule has 15 heavy (non-hydrogen) atoms. The van der Waals surface area contributed by atoms with Crippen molar-refractivity contribution in [2.75, 3.05) is 6.61 Å². The minimum absolute atomic E-state index is 0.0615. The van der Waals surface area contributed by atoms with E-state index >= 15 is 0 Å². The lowest BCUT2D eigenvalue weighted by Crippen LogP contribution is -2.23. The van der Waals surface area contributed by atoms with E-state index in [4.69, 9.17) is 9.47 Å². The van der Waals surface area contributed by atoms with Gasteiger partial charge in [0.25, 0.3) is 0 Å². The topological polar surface area (TPSA) is 38.7 Å². The fraction of sp³-hybridized carbons (Fsp3) is 0.500. The second kappa shape index (κ2) is 6.43. The van der Waals surface area contributed by atoms with Gasteiger partial charge < -0.3 is 14.6 Å². The van der Waals surface area contributed by atoms with Crippen LogP contribution in [0.5, 0.6) is 5.75 Å². The smallest absolute Gasteiger partial charge is 0.154 e. The maximum absolute atomic E-state index is 9.20. The highest BCUT2D eigenvalue weighted by atomic mass is 16.6. The van der Waals surface area contributed by atoms with Crippen LogP contribution < -0.4 is 4.74 Å². The Bertz CT molecular complexity index is 261. The molecule has 1 N–H and O–H groups in total. The Hall–Kier alpha value is -1.06.